The third kappa shape index (κ3) is 12.3. The molecule has 4 N–H and O–H groups in total. The van der Waals surface area contributed by atoms with E-state index in [1.54, 1.807) is 27.9 Å². The second kappa shape index (κ2) is 19.3. The van der Waals surface area contributed by atoms with Gasteiger partial charge in [-0.15, -0.1) is 4.83 Å². The van der Waals surface area contributed by atoms with Crippen molar-refractivity contribution in [3.05, 3.63) is 0 Å². The molecule has 0 aromatic heterocycles. The number of nitrogens with one attached hydrogen (secondary N) is 2. The number of sulfonamides is 1. The third-order valence-corrected chi connectivity index (χ3v) is 11.2. The van der Waals surface area contributed by atoms with Crippen LogP contribution in [0.2, 0.25) is 0 Å². The molecule has 268 valence electrons. The second-order valence-electron chi connectivity index (χ2n) is 14.1. The zero-order chi connectivity index (χ0) is 34.6. The van der Waals surface area contributed by atoms with Crippen LogP contribution in [0, 0.1) is 23.7 Å². The molecule has 0 heterocycles. The van der Waals surface area contributed by atoms with Gasteiger partial charge >= 0.3 is 0 Å². The number of carbonyl (C=O) groups is 3. The second-order valence-corrected chi connectivity index (χ2v) is 16.3. The Kier molecular flexibility index (Phi) is 16.9. The van der Waals surface area contributed by atoms with Crippen molar-refractivity contribution in [3.63, 3.8) is 0 Å². The van der Waals surface area contributed by atoms with Gasteiger partial charge in [0.05, 0.1) is 23.5 Å². The summed E-state index contributed by atoms with van der Waals surface area (Å²) in [5.74, 6) is -1.74. The average Bonchev–Trinajstić information content (AvgIpc) is 3.00. The van der Waals surface area contributed by atoms with E-state index in [4.69, 9.17) is 0 Å². The molecule has 0 aliphatic heterocycles. The van der Waals surface area contributed by atoms with Crippen LogP contribution in [0.5, 0.6) is 0 Å². The molecular weight excluding hydrogens is 610 g/mol. The fourth-order valence-corrected chi connectivity index (χ4v) is 7.60. The predicted molar refractivity (Wildman–Crippen MR) is 180 cm³/mol. The van der Waals surface area contributed by atoms with Crippen molar-refractivity contribution in [3.8, 4) is 0 Å². The fourth-order valence-electron chi connectivity index (χ4n) is 6.87. The van der Waals surface area contributed by atoms with Gasteiger partial charge in [0, 0.05) is 58.0 Å². The topological polar surface area (TPSA) is 160 Å². The van der Waals surface area contributed by atoms with E-state index in [0.717, 1.165) is 25.7 Å². The lowest BCUT2D eigenvalue weighted by molar-refractivity contribution is -0.143. The molecule has 0 saturated heterocycles. The van der Waals surface area contributed by atoms with Crippen LogP contribution in [0.3, 0.4) is 0 Å². The highest BCUT2D eigenvalue weighted by Crippen LogP contribution is 2.36. The van der Waals surface area contributed by atoms with Crippen LogP contribution in [0.25, 0.3) is 0 Å². The van der Waals surface area contributed by atoms with E-state index in [9.17, 15) is 33.0 Å². The zero-order valence-corrected chi connectivity index (χ0v) is 30.2. The number of rotatable bonds is 18. The van der Waals surface area contributed by atoms with Gasteiger partial charge in [0.15, 0.2) is 0 Å². The molecule has 2 fully saturated rings. The van der Waals surface area contributed by atoms with E-state index in [1.807, 2.05) is 25.7 Å². The molecule has 2 aliphatic carbocycles. The molecule has 0 bridgehead atoms. The number of hydrazine groups is 1. The molecule has 0 spiro atoms. The van der Waals surface area contributed by atoms with Gasteiger partial charge in [0.2, 0.25) is 27.7 Å². The van der Waals surface area contributed by atoms with Crippen LogP contribution in [0.4, 0.5) is 0 Å². The summed E-state index contributed by atoms with van der Waals surface area (Å²) in [6.45, 7) is 10.8. The Balaban J connectivity index is 2.32. The molecule has 46 heavy (non-hydrogen) atoms. The number of amides is 3. The Bertz CT molecular complexity index is 1060. The highest BCUT2D eigenvalue weighted by molar-refractivity contribution is 7.90. The van der Waals surface area contributed by atoms with Crippen molar-refractivity contribution < 1.29 is 33.0 Å². The fraction of sp³-hybridized carbons (Fsp3) is 0.909. The van der Waals surface area contributed by atoms with Gasteiger partial charge in [-0.1, -0.05) is 20.8 Å². The lowest BCUT2D eigenvalue weighted by atomic mass is 9.73. The van der Waals surface area contributed by atoms with E-state index in [2.05, 4.69) is 10.1 Å². The lowest BCUT2D eigenvalue weighted by Crippen LogP contribution is -2.55. The van der Waals surface area contributed by atoms with Crippen LogP contribution >= 0.6 is 0 Å². The summed E-state index contributed by atoms with van der Waals surface area (Å²) < 4.78 is 25.3. The summed E-state index contributed by atoms with van der Waals surface area (Å²) in [4.78, 5) is 46.9. The maximum absolute atomic E-state index is 14.0. The minimum Gasteiger partial charge on any atom is -0.393 e. The van der Waals surface area contributed by atoms with E-state index in [-0.39, 0.29) is 36.3 Å². The standard InChI is InChI=1S/C33H63N5O7S/c1-8-15-37(16-9-2)33(43)27-20-25(19-26(21-27)32(42)36(6)7)31(41)34-29(18-24-11-13-28(39)14-12-24)30(40)22-38(17-10-3)35-46(44,45)23(4)5/h23-30,35,39-40H,8-22H2,1-7H3,(H,34,41). The Hall–Kier alpha value is -1.80. The van der Waals surface area contributed by atoms with Crippen LogP contribution in [0.15, 0.2) is 0 Å². The Morgan fingerprint density at radius 1 is 0.826 bits per heavy atom. The summed E-state index contributed by atoms with van der Waals surface area (Å²) in [5.41, 5.74) is 0. The average molecular weight is 674 g/mol. The minimum absolute atomic E-state index is 0.0113. The summed E-state index contributed by atoms with van der Waals surface area (Å²) in [6.07, 6.45) is 5.25. The zero-order valence-electron chi connectivity index (χ0n) is 29.4. The Labute approximate surface area is 278 Å². The summed E-state index contributed by atoms with van der Waals surface area (Å²) in [7, 11) is -0.264. The van der Waals surface area contributed by atoms with E-state index < -0.39 is 45.2 Å². The number of aliphatic hydroxyl groups excluding tert-OH is 2. The SMILES string of the molecule is CCCN(CC(O)C(CC1CCC(O)CC1)NC(=O)C1CC(C(=O)N(C)C)CC(C(=O)N(CCC)CCC)C1)NS(=O)(=O)C(C)C. The molecular formula is C33H63N5O7S. The molecule has 2 rings (SSSR count). The number of hydrogen-bond acceptors (Lipinski definition) is 8. The first kappa shape index (κ1) is 40.4. The van der Waals surface area contributed by atoms with Crippen molar-refractivity contribution >= 4 is 27.7 Å². The quantitative estimate of drug-likeness (QED) is 0.162. The predicted octanol–water partition coefficient (Wildman–Crippen LogP) is 2.50. The van der Waals surface area contributed by atoms with Crippen LogP contribution in [-0.4, -0.2) is 115 Å². The van der Waals surface area contributed by atoms with Crippen LogP contribution in [-0.2, 0) is 24.4 Å². The molecule has 5 unspecified atom stereocenters. The summed E-state index contributed by atoms with van der Waals surface area (Å²) in [6, 6.07) is -0.675. The van der Waals surface area contributed by atoms with Crippen LogP contribution in [0.1, 0.15) is 105 Å². The van der Waals surface area contributed by atoms with Crippen molar-refractivity contribution in [2.24, 2.45) is 23.7 Å². The molecule has 0 aromatic carbocycles. The van der Waals surface area contributed by atoms with Crippen molar-refractivity contribution in [1.29, 1.82) is 0 Å². The smallest absolute Gasteiger partial charge is 0.226 e. The van der Waals surface area contributed by atoms with Gasteiger partial charge in [0.25, 0.3) is 0 Å². The monoisotopic (exact) mass is 673 g/mol. The molecule has 5 atom stereocenters. The molecule has 3 amide bonds. The molecule has 2 saturated carbocycles. The maximum atomic E-state index is 14.0. The lowest BCUT2D eigenvalue weighted by Gasteiger charge is -2.38. The largest absolute Gasteiger partial charge is 0.393 e. The molecule has 2 aliphatic rings. The molecule has 13 heteroatoms. The van der Waals surface area contributed by atoms with E-state index in [0.29, 0.717) is 64.6 Å². The third-order valence-electron chi connectivity index (χ3n) is 9.49. The normalized spacial score (nSPS) is 25.2. The van der Waals surface area contributed by atoms with E-state index >= 15 is 0 Å². The summed E-state index contributed by atoms with van der Waals surface area (Å²) >= 11 is 0. The van der Waals surface area contributed by atoms with Gasteiger partial charge in [-0.3, -0.25) is 14.4 Å². The minimum atomic E-state index is -3.64. The number of carbonyl (C=O) groups excluding carboxylic acids is 3. The van der Waals surface area contributed by atoms with Gasteiger partial charge in [-0.25, -0.2) is 13.4 Å². The van der Waals surface area contributed by atoms with Gasteiger partial charge in [0.1, 0.15) is 0 Å². The van der Waals surface area contributed by atoms with Crippen LogP contribution < -0.4 is 10.1 Å². The van der Waals surface area contributed by atoms with Crippen molar-refractivity contribution in [1.82, 2.24) is 25.0 Å². The first-order valence-electron chi connectivity index (χ1n) is 17.6. The maximum Gasteiger partial charge on any atom is 0.226 e. The Morgan fingerprint density at radius 2 is 1.35 bits per heavy atom. The molecule has 0 radical (unpaired) electrons. The first-order valence-corrected chi connectivity index (χ1v) is 19.1. The highest BCUT2D eigenvalue weighted by Gasteiger charge is 2.41. The van der Waals surface area contributed by atoms with Crippen molar-refractivity contribution in [2.75, 3.05) is 40.3 Å². The molecule has 12 nitrogen and oxygen atoms in total. The van der Waals surface area contributed by atoms with E-state index in [1.165, 1.54) is 9.91 Å². The number of hydrogen-bond donors (Lipinski definition) is 4. The molecule has 0 aromatic rings. The number of aliphatic hydroxyl groups is 2. The van der Waals surface area contributed by atoms with Gasteiger partial charge in [-0.2, -0.15) is 0 Å². The first-order chi connectivity index (χ1) is 21.6. The van der Waals surface area contributed by atoms with Crippen molar-refractivity contribution in [2.45, 2.75) is 129 Å². The highest BCUT2D eigenvalue weighted by atomic mass is 32.2. The van der Waals surface area contributed by atoms with Gasteiger partial charge < -0.3 is 25.3 Å². The summed E-state index contributed by atoms with van der Waals surface area (Å²) in [5, 5.41) is 25.5. The Morgan fingerprint density at radius 3 is 1.85 bits per heavy atom. The van der Waals surface area contributed by atoms with Gasteiger partial charge in [-0.05, 0) is 90.4 Å². The number of nitrogens with zero attached hydrogens (tertiary/aromatic N) is 3.